The number of carbonyl (C=O) groups is 1. The average Bonchev–Trinajstić information content (AvgIpc) is 3.43. The Morgan fingerprint density at radius 2 is 1.57 bits per heavy atom. The molecule has 0 spiro atoms. The fourth-order valence-electron chi connectivity index (χ4n) is 5.55. The highest BCUT2D eigenvalue weighted by Crippen LogP contribution is 2.36. The van der Waals surface area contributed by atoms with E-state index in [1.807, 2.05) is 84.9 Å². The molecule has 1 atom stereocenters. The van der Waals surface area contributed by atoms with Crippen molar-refractivity contribution in [2.75, 3.05) is 6.54 Å². The van der Waals surface area contributed by atoms with Crippen LogP contribution in [0.2, 0.25) is 0 Å². The zero-order valence-electron chi connectivity index (χ0n) is 24.4. The summed E-state index contributed by atoms with van der Waals surface area (Å²) in [6.45, 7) is 1.59. The van der Waals surface area contributed by atoms with Crippen LogP contribution in [0.15, 0.2) is 134 Å². The Morgan fingerprint density at radius 1 is 0.818 bits per heavy atom. The SMILES string of the molecule is O=C(C[C@@H](c1ccc(OCc2ccccc2)cc1)c1cn(Cc2ccc(F)cc2)c2ccccc12)NCCc1ccccn1. The maximum Gasteiger partial charge on any atom is 0.220 e. The van der Waals surface area contributed by atoms with Gasteiger partial charge in [-0.05, 0) is 64.7 Å². The van der Waals surface area contributed by atoms with E-state index in [2.05, 4.69) is 45.3 Å². The number of hydrogen-bond donors (Lipinski definition) is 1. The Bertz CT molecular complexity index is 1800. The molecule has 2 heterocycles. The van der Waals surface area contributed by atoms with Gasteiger partial charge in [-0.3, -0.25) is 9.78 Å². The second-order valence-electron chi connectivity index (χ2n) is 10.9. The van der Waals surface area contributed by atoms with E-state index in [0.29, 0.717) is 26.1 Å². The molecule has 0 bridgehead atoms. The van der Waals surface area contributed by atoms with Crippen molar-refractivity contribution in [2.24, 2.45) is 0 Å². The first-order valence-electron chi connectivity index (χ1n) is 14.9. The topological polar surface area (TPSA) is 56.1 Å². The number of hydrogen-bond acceptors (Lipinski definition) is 3. The van der Waals surface area contributed by atoms with Crippen LogP contribution in [-0.4, -0.2) is 22.0 Å². The van der Waals surface area contributed by atoms with E-state index in [9.17, 15) is 9.18 Å². The maximum absolute atomic E-state index is 13.6. The van der Waals surface area contributed by atoms with Crippen molar-refractivity contribution in [1.82, 2.24) is 14.9 Å². The molecule has 0 fully saturated rings. The number of aromatic nitrogens is 2. The molecule has 1 amide bonds. The first-order valence-corrected chi connectivity index (χ1v) is 14.9. The molecule has 6 rings (SSSR count). The minimum Gasteiger partial charge on any atom is -0.489 e. The first-order chi connectivity index (χ1) is 21.6. The number of halogens is 1. The Hall–Kier alpha value is -5.23. The lowest BCUT2D eigenvalue weighted by molar-refractivity contribution is -0.121. The summed E-state index contributed by atoms with van der Waals surface area (Å²) in [5.74, 6) is 0.310. The minimum absolute atomic E-state index is 0.0225. The van der Waals surface area contributed by atoms with E-state index < -0.39 is 0 Å². The van der Waals surface area contributed by atoms with Gasteiger partial charge in [-0.1, -0.05) is 78.9 Å². The molecule has 6 heteroatoms. The van der Waals surface area contributed by atoms with Crippen LogP contribution in [0.4, 0.5) is 4.39 Å². The van der Waals surface area contributed by atoms with Crippen LogP contribution < -0.4 is 10.1 Å². The van der Waals surface area contributed by atoms with Gasteiger partial charge >= 0.3 is 0 Å². The van der Waals surface area contributed by atoms with Gasteiger partial charge in [-0.15, -0.1) is 0 Å². The third-order valence-electron chi connectivity index (χ3n) is 7.81. The van der Waals surface area contributed by atoms with E-state index in [4.69, 9.17) is 4.74 Å². The van der Waals surface area contributed by atoms with Crippen molar-refractivity contribution in [1.29, 1.82) is 0 Å². The average molecular weight is 584 g/mol. The van der Waals surface area contributed by atoms with Gasteiger partial charge in [0, 0.05) is 60.8 Å². The quantitative estimate of drug-likeness (QED) is 0.161. The molecule has 1 N–H and O–H groups in total. The van der Waals surface area contributed by atoms with Crippen molar-refractivity contribution in [3.63, 3.8) is 0 Å². The Kier molecular flexibility index (Phi) is 9.07. The molecular formula is C38H34FN3O2. The van der Waals surface area contributed by atoms with Gasteiger partial charge in [0.05, 0.1) is 0 Å². The summed E-state index contributed by atoms with van der Waals surface area (Å²) in [5, 5.41) is 4.19. The van der Waals surface area contributed by atoms with Crippen LogP contribution in [-0.2, 0) is 24.4 Å². The summed E-state index contributed by atoms with van der Waals surface area (Å²) in [7, 11) is 0. The molecule has 2 aromatic heterocycles. The highest BCUT2D eigenvalue weighted by molar-refractivity contribution is 5.87. The van der Waals surface area contributed by atoms with Crippen molar-refractivity contribution < 1.29 is 13.9 Å². The van der Waals surface area contributed by atoms with E-state index in [-0.39, 0.29) is 24.1 Å². The number of benzene rings is 4. The van der Waals surface area contributed by atoms with Crippen LogP contribution in [0.5, 0.6) is 5.75 Å². The third-order valence-corrected chi connectivity index (χ3v) is 7.81. The van der Waals surface area contributed by atoms with Gasteiger partial charge in [-0.25, -0.2) is 4.39 Å². The number of pyridine rings is 1. The number of ether oxygens (including phenoxy) is 1. The molecule has 6 aromatic rings. The number of rotatable bonds is 12. The zero-order chi connectivity index (χ0) is 30.1. The van der Waals surface area contributed by atoms with Crippen molar-refractivity contribution in [3.8, 4) is 5.75 Å². The third kappa shape index (κ3) is 7.21. The summed E-state index contributed by atoms with van der Waals surface area (Å²) in [6, 6.07) is 38.8. The lowest BCUT2D eigenvalue weighted by Crippen LogP contribution is -2.27. The molecule has 0 aliphatic heterocycles. The minimum atomic E-state index is -0.253. The Labute approximate surface area is 257 Å². The molecule has 0 saturated carbocycles. The fourth-order valence-corrected chi connectivity index (χ4v) is 5.55. The normalized spacial score (nSPS) is 11.8. The number of fused-ring (bicyclic) bond motifs is 1. The van der Waals surface area contributed by atoms with Crippen LogP contribution in [0.25, 0.3) is 10.9 Å². The lowest BCUT2D eigenvalue weighted by atomic mass is 9.88. The van der Waals surface area contributed by atoms with Gasteiger partial charge in [0.15, 0.2) is 0 Å². The van der Waals surface area contributed by atoms with Crippen molar-refractivity contribution >= 4 is 16.8 Å². The molecule has 0 aliphatic carbocycles. The first kappa shape index (κ1) is 28.9. The monoisotopic (exact) mass is 583 g/mol. The fraction of sp³-hybridized carbons (Fsp3) is 0.158. The van der Waals surface area contributed by atoms with Crippen molar-refractivity contribution in [3.05, 3.63) is 167 Å². The van der Waals surface area contributed by atoms with Crippen LogP contribution in [0.3, 0.4) is 0 Å². The summed E-state index contributed by atoms with van der Waals surface area (Å²) >= 11 is 0. The summed E-state index contributed by atoms with van der Waals surface area (Å²) in [4.78, 5) is 17.7. The van der Waals surface area contributed by atoms with Crippen LogP contribution in [0.1, 0.15) is 40.3 Å². The molecule has 0 saturated heterocycles. The predicted molar refractivity (Wildman–Crippen MR) is 172 cm³/mol. The number of para-hydroxylation sites is 1. The van der Waals surface area contributed by atoms with Gasteiger partial charge < -0.3 is 14.6 Å². The van der Waals surface area contributed by atoms with E-state index in [1.165, 1.54) is 12.1 Å². The second kappa shape index (κ2) is 13.8. The maximum atomic E-state index is 13.6. The smallest absolute Gasteiger partial charge is 0.220 e. The van der Waals surface area contributed by atoms with Crippen molar-refractivity contribution in [2.45, 2.75) is 31.9 Å². The number of nitrogens with one attached hydrogen (secondary N) is 1. The van der Waals surface area contributed by atoms with E-state index in [0.717, 1.165) is 44.6 Å². The number of nitrogens with zero attached hydrogens (tertiary/aromatic N) is 2. The van der Waals surface area contributed by atoms with Crippen LogP contribution in [0, 0.1) is 5.82 Å². The molecule has 0 unspecified atom stereocenters. The standard InChI is InChI=1S/C38H34FN3O2/c39-31-17-13-28(14-18-31)25-42-26-36(34-11-4-5-12-37(34)42)35(24-38(43)41-23-21-32-10-6-7-22-40-32)30-15-19-33(20-16-30)44-27-29-8-2-1-3-9-29/h1-20,22,26,35H,21,23-25,27H2,(H,41,43)/t35-/m0/s1. The van der Waals surface area contributed by atoms with Gasteiger partial charge in [0.2, 0.25) is 5.91 Å². The molecule has 0 radical (unpaired) electrons. The van der Waals surface area contributed by atoms with E-state index >= 15 is 0 Å². The molecule has 0 aliphatic rings. The lowest BCUT2D eigenvalue weighted by Gasteiger charge is -2.18. The summed E-state index contributed by atoms with van der Waals surface area (Å²) in [6.07, 6.45) is 4.86. The summed E-state index contributed by atoms with van der Waals surface area (Å²) in [5.41, 5.74) is 6.21. The highest BCUT2D eigenvalue weighted by atomic mass is 19.1. The second-order valence-corrected chi connectivity index (χ2v) is 10.9. The van der Waals surface area contributed by atoms with Gasteiger partial charge in [0.1, 0.15) is 18.2 Å². The van der Waals surface area contributed by atoms with Crippen LogP contribution >= 0.6 is 0 Å². The molecule has 44 heavy (non-hydrogen) atoms. The zero-order valence-corrected chi connectivity index (χ0v) is 24.4. The Balaban J connectivity index is 1.27. The highest BCUT2D eigenvalue weighted by Gasteiger charge is 2.23. The number of carbonyl (C=O) groups excluding carboxylic acids is 1. The van der Waals surface area contributed by atoms with Gasteiger partial charge in [0.25, 0.3) is 0 Å². The largest absolute Gasteiger partial charge is 0.489 e. The molecular weight excluding hydrogens is 549 g/mol. The molecule has 4 aromatic carbocycles. The molecule has 220 valence electrons. The number of amides is 1. The molecule has 5 nitrogen and oxygen atoms in total. The predicted octanol–water partition coefficient (Wildman–Crippen LogP) is 7.68. The summed E-state index contributed by atoms with van der Waals surface area (Å²) < 4.78 is 21.8. The van der Waals surface area contributed by atoms with E-state index in [1.54, 1.807) is 6.20 Å². The Morgan fingerprint density at radius 3 is 2.34 bits per heavy atom. The van der Waals surface area contributed by atoms with Gasteiger partial charge in [-0.2, -0.15) is 0 Å².